The van der Waals surface area contributed by atoms with Gasteiger partial charge < -0.3 is 11.2 Å². The Labute approximate surface area is 113 Å². The fourth-order valence-electron chi connectivity index (χ4n) is 1.70. The van der Waals surface area contributed by atoms with Gasteiger partial charge >= 0.3 is 0 Å². The van der Waals surface area contributed by atoms with Gasteiger partial charge in [-0.1, -0.05) is 11.8 Å². The summed E-state index contributed by atoms with van der Waals surface area (Å²) in [5.74, 6) is 4.12. The molecule has 0 radical (unpaired) electrons. The molecular formula is C13H9F2N5. The largest absolute Gasteiger partial charge is 0.396 e. The van der Waals surface area contributed by atoms with E-state index in [4.69, 9.17) is 5.73 Å². The van der Waals surface area contributed by atoms with Gasteiger partial charge in [-0.15, -0.1) is 5.53 Å². The maximum absolute atomic E-state index is 13.7. The number of benzene rings is 1. The van der Waals surface area contributed by atoms with Gasteiger partial charge in [0.2, 0.25) is 0 Å². The van der Waals surface area contributed by atoms with Crippen molar-refractivity contribution in [3.63, 3.8) is 0 Å². The molecule has 0 atom stereocenters. The number of nitrogens with zero attached hydrogens (tertiary/aromatic N) is 1. The Morgan fingerprint density at radius 2 is 2.00 bits per heavy atom. The number of aromatic nitrogens is 1. The number of hydrazine groups is 2. The highest BCUT2D eigenvalue weighted by Gasteiger charge is 2.11. The highest BCUT2D eigenvalue weighted by molar-refractivity contribution is 5.69. The summed E-state index contributed by atoms with van der Waals surface area (Å²) in [7, 11) is 0. The molecule has 3 rings (SSSR count). The lowest BCUT2D eigenvalue weighted by Gasteiger charge is -2.00. The zero-order valence-electron chi connectivity index (χ0n) is 10.1. The Kier molecular flexibility index (Phi) is 2.85. The summed E-state index contributed by atoms with van der Waals surface area (Å²) >= 11 is 0. The SMILES string of the molecule is Nc1ccc(F)c(C#Cc2cnc3c(c2)NNN3)c1F. The normalized spacial score (nSPS) is 11.9. The lowest BCUT2D eigenvalue weighted by atomic mass is 10.1. The van der Waals surface area contributed by atoms with Crippen molar-refractivity contribution in [3.8, 4) is 11.8 Å². The van der Waals surface area contributed by atoms with Gasteiger partial charge in [-0.25, -0.2) is 13.8 Å². The first kappa shape index (κ1) is 12.2. The van der Waals surface area contributed by atoms with Crippen molar-refractivity contribution < 1.29 is 8.78 Å². The van der Waals surface area contributed by atoms with Crippen LogP contribution in [0.3, 0.4) is 0 Å². The van der Waals surface area contributed by atoms with Crippen LogP contribution in [-0.4, -0.2) is 4.98 Å². The van der Waals surface area contributed by atoms with Crippen LogP contribution in [0.2, 0.25) is 0 Å². The van der Waals surface area contributed by atoms with Crippen molar-refractivity contribution in [1.82, 2.24) is 10.5 Å². The Morgan fingerprint density at radius 3 is 2.85 bits per heavy atom. The molecule has 5 nitrogen and oxygen atoms in total. The van der Waals surface area contributed by atoms with Crippen LogP contribution in [0.25, 0.3) is 0 Å². The molecule has 2 aromatic rings. The monoisotopic (exact) mass is 273 g/mol. The van der Waals surface area contributed by atoms with E-state index >= 15 is 0 Å². The molecule has 0 aliphatic carbocycles. The molecule has 1 aromatic heterocycles. The van der Waals surface area contributed by atoms with Crippen LogP contribution in [0.15, 0.2) is 24.4 Å². The predicted octanol–water partition coefficient (Wildman–Crippen LogP) is 1.60. The van der Waals surface area contributed by atoms with E-state index in [0.29, 0.717) is 17.1 Å². The molecule has 0 fully saturated rings. The molecule has 0 bridgehead atoms. The molecule has 0 unspecified atom stereocenters. The van der Waals surface area contributed by atoms with E-state index in [1.54, 1.807) is 6.07 Å². The minimum atomic E-state index is -0.854. The first-order valence-corrected chi connectivity index (χ1v) is 5.68. The van der Waals surface area contributed by atoms with Crippen LogP contribution < -0.4 is 22.1 Å². The van der Waals surface area contributed by atoms with Crippen LogP contribution in [0, 0.1) is 23.5 Å². The molecule has 0 saturated heterocycles. The third-order valence-electron chi connectivity index (χ3n) is 2.72. The second kappa shape index (κ2) is 4.68. The van der Waals surface area contributed by atoms with Crippen molar-refractivity contribution in [3.05, 3.63) is 47.2 Å². The fourth-order valence-corrected chi connectivity index (χ4v) is 1.70. The van der Waals surface area contributed by atoms with Crippen molar-refractivity contribution in [2.45, 2.75) is 0 Å². The summed E-state index contributed by atoms with van der Waals surface area (Å²) in [6.45, 7) is 0. The van der Waals surface area contributed by atoms with Crippen molar-refractivity contribution in [2.24, 2.45) is 0 Å². The van der Waals surface area contributed by atoms with Gasteiger partial charge in [-0.2, -0.15) is 0 Å². The highest BCUT2D eigenvalue weighted by atomic mass is 19.1. The highest BCUT2D eigenvalue weighted by Crippen LogP contribution is 2.22. The Bertz CT molecular complexity index is 748. The third kappa shape index (κ3) is 2.08. The summed E-state index contributed by atoms with van der Waals surface area (Å²) < 4.78 is 27.2. The summed E-state index contributed by atoms with van der Waals surface area (Å²) in [6, 6.07) is 3.94. The van der Waals surface area contributed by atoms with E-state index in [2.05, 4.69) is 33.2 Å². The van der Waals surface area contributed by atoms with Crippen LogP contribution in [0.5, 0.6) is 0 Å². The molecular weight excluding hydrogens is 264 g/mol. The van der Waals surface area contributed by atoms with E-state index in [0.717, 1.165) is 12.1 Å². The van der Waals surface area contributed by atoms with Crippen molar-refractivity contribution >= 4 is 17.2 Å². The lowest BCUT2D eigenvalue weighted by molar-refractivity contribution is 0.580. The average Bonchev–Trinajstić information content (AvgIpc) is 2.90. The third-order valence-corrected chi connectivity index (χ3v) is 2.72. The number of nitrogens with one attached hydrogen (secondary N) is 3. The van der Waals surface area contributed by atoms with Crippen molar-refractivity contribution in [2.75, 3.05) is 16.6 Å². The number of nitrogens with two attached hydrogens (primary N) is 1. The number of rotatable bonds is 0. The molecule has 0 amide bonds. The first-order valence-electron chi connectivity index (χ1n) is 5.68. The molecule has 2 heterocycles. The molecule has 7 heteroatoms. The van der Waals surface area contributed by atoms with E-state index in [1.165, 1.54) is 6.20 Å². The van der Waals surface area contributed by atoms with E-state index in [1.807, 2.05) is 0 Å². The predicted molar refractivity (Wildman–Crippen MR) is 71.4 cm³/mol. The summed E-state index contributed by atoms with van der Waals surface area (Å²) in [6.07, 6.45) is 1.50. The average molecular weight is 273 g/mol. The van der Waals surface area contributed by atoms with Crippen LogP contribution in [0.1, 0.15) is 11.1 Å². The van der Waals surface area contributed by atoms with E-state index < -0.39 is 11.6 Å². The number of hydrogen-bond donors (Lipinski definition) is 4. The summed E-state index contributed by atoms with van der Waals surface area (Å²) in [4.78, 5) is 4.08. The molecule has 1 aromatic carbocycles. The van der Waals surface area contributed by atoms with Crippen LogP contribution >= 0.6 is 0 Å². The lowest BCUT2D eigenvalue weighted by Crippen LogP contribution is -2.19. The molecule has 20 heavy (non-hydrogen) atoms. The van der Waals surface area contributed by atoms with Gasteiger partial charge in [0.1, 0.15) is 5.82 Å². The zero-order chi connectivity index (χ0) is 14.1. The number of hydrogen-bond acceptors (Lipinski definition) is 5. The maximum atomic E-state index is 13.7. The van der Waals surface area contributed by atoms with Gasteiger partial charge in [0.15, 0.2) is 11.6 Å². The van der Waals surface area contributed by atoms with Gasteiger partial charge in [-0.3, -0.25) is 5.43 Å². The maximum Gasteiger partial charge on any atom is 0.166 e. The van der Waals surface area contributed by atoms with Gasteiger partial charge in [0, 0.05) is 11.8 Å². The van der Waals surface area contributed by atoms with Crippen LogP contribution in [0.4, 0.5) is 26.0 Å². The molecule has 100 valence electrons. The molecule has 5 N–H and O–H groups in total. The number of anilines is 3. The van der Waals surface area contributed by atoms with Gasteiger partial charge in [0.25, 0.3) is 0 Å². The van der Waals surface area contributed by atoms with E-state index in [-0.39, 0.29) is 11.3 Å². The standard InChI is InChI=1S/C13H9F2N5/c14-9-3-4-10(16)12(15)8(9)2-1-7-5-11-13(17-6-7)19-20-18-11/h3-6,18,20H,16H2,(H,17,19). The molecule has 1 aliphatic heterocycles. The van der Waals surface area contributed by atoms with Gasteiger partial charge in [0.05, 0.1) is 16.9 Å². The Morgan fingerprint density at radius 1 is 1.15 bits per heavy atom. The second-order valence-electron chi connectivity index (χ2n) is 4.07. The molecule has 0 spiro atoms. The first-order chi connectivity index (χ1) is 9.65. The smallest absolute Gasteiger partial charge is 0.166 e. The van der Waals surface area contributed by atoms with Crippen LogP contribution in [-0.2, 0) is 0 Å². The minimum absolute atomic E-state index is 0.141. The zero-order valence-corrected chi connectivity index (χ0v) is 10.1. The molecule has 0 saturated carbocycles. The van der Waals surface area contributed by atoms with Gasteiger partial charge in [-0.05, 0) is 18.2 Å². The number of nitrogen functional groups attached to an aromatic ring is 1. The quantitative estimate of drug-likeness (QED) is 0.433. The van der Waals surface area contributed by atoms with E-state index in [9.17, 15) is 8.78 Å². The Balaban J connectivity index is 1.99. The van der Waals surface area contributed by atoms with Crippen molar-refractivity contribution in [1.29, 1.82) is 0 Å². The minimum Gasteiger partial charge on any atom is -0.396 e. The summed E-state index contributed by atoms with van der Waals surface area (Å²) in [5, 5.41) is 0. The number of fused-ring (bicyclic) bond motifs is 1. The number of pyridine rings is 1. The second-order valence-corrected chi connectivity index (χ2v) is 4.07. The molecule has 1 aliphatic rings. The topological polar surface area (TPSA) is 75.0 Å². The number of halogens is 2. The summed E-state index contributed by atoms with van der Waals surface area (Å²) in [5.41, 5.74) is 14.4. The fraction of sp³-hybridized carbons (Fsp3) is 0. The Hall–Kier alpha value is -2.85.